The number of nitrogens with one attached hydrogen (secondary N) is 1. The molecule has 7 nitrogen and oxygen atoms in total. The molecule has 0 radical (unpaired) electrons. The van der Waals surface area contributed by atoms with E-state index in [9.17, 15) is 14.4 Å². The number of likely N-dealkylation sites (tertiary alicyclic amines) is 1. The van der Waals surface area contributed by atoms with Crippen molar-refractivity contribution in [1.29, 1.82) is 0 Å². The highest BCUT2D eigenvalue weighted by atomic mass is 32.2. The van der Waals surface area contributed by atoms with Crippen LogP contribution in [0.4, 0.5) is 5.69 Å². The van der Waals surface area contributed by atoms with E-state index in [0.717, 1.165) is 50.3 Å². The molecule has 0 saturated carbocycles. The fraction of sp³-hybridized carbons (Fsp3) is 0.571. The Morgan fingerprint density at radius 3 is 2.76 bits per heavy atom. The van der Waals surface area contributed by atoms with Crippen molar-refractivity contribution >= 4 is 35.2 Å². The number of thioether (sulfide) groups is 1. The lowest BCUT2D eigenvalue weighted by Crippen LogP contribution is -2.47. The third-order valence-electron chi connectivity index (χ3n) is 5.95. The number of carbonyl (C=O) groups is 3. The minimum Gasteiger partial charge on any atom is -0.341 e. The molecule has 3 heterocycles. The van der Waals surface area contributed by atoms with Crippen LogP contribution in [0.2, 0.25) is 0 Å². The van der Waals surface area contributed by atoms with E-state index >= 15 is 0 Å². The number of carbonyl (C=O) groups excluding carboxylic acids is 3. The normalized spacial score (nSPS) is 23.2. The number of likely N-dealkylation sites (N-methyl/N-ethyl adjacent to an activating group) is 1. The van der Waals surface area contributed by atoms with E-state index in [2.05, 4.69) is 17.3 Å². The van der Waals surface area contributed by atoms with Gasteiger partial charge in [0.2, 0.25) is 11.8 Å². The lowest BCUT2D eigenvalue weighted by molar-refractivity contribution is -0.136. The summed E-state index contributed by atoms with van der Waals surface area (Å²) in [4.78, 5) is 44.8. The standard InChI is InChI=1S/C21H28N4O3S/c1-23-7-3-9-24(11-10-23)21(28)16-4-2-8-25(13-16)20(27)15-5-6-18-17(12-15)22-19(26)14-29-18/h5-6,12,16H,2-4,7-11,13-14H2,1H3,(H,22,26). The van der Waals surface area contributed by atoms with Gasteiger partial charge in [-0.15, -0.1) is 11.8 Å². The number of anilines is 1. The van der Waals surface area contributed by atoms with E-state index in [1.54, 1.807) is 11.0 Å². The van der Waals surface area contributed by atoms with E-state index in [4.69, 9.17) is 0 Å². The topological polar surface area (TPSA) is 73.0 Å². The Morgan fingerprint density at radius 1 is 1.07 bits per heavy atom. The molecule has 3 amide bonds. The van der Waals surface area contributed by atoms with Crippen molar-refractivity contribution in [3.8, 4) is 0 Å². The lowest BCUT2D eigenvalue weighted by atomic mass is 9.95. The van der Waals surface area contributed by atoms with Gasteiger partial charge in [-0.2, -0.15) is 0 Å². The number of fused-ring (bicyclic) bond motifs is 1. The third kappa shape index (κ3) is 4.59. The summed E-state index contributed by atoms with van der Waals surface area (Å²) in [6.07, 6.45) is 2.68. The summed E-state index contributed by atoms with van der Waals surface area (Å²) in [5, 5.41) is 2.84. The number of piperidine rings is 1. The number of hydrogen-bond acceptors (Lipinski definition) is 5. The average molecular weight is 417 g/mol. The van der Waals surface area contributed by atoms with Crippen molar-refractivity contribution in [1.82, 2.24) is 14.7 Å². The molecule has 8 heteroatoms. The molecule has 1 aromatic rings. The van der Waals surface area contributed by atoms with Crippen molar-refractivity contribution in [3.05, 3.63) is 23.8 Å². The van der Waals surface area contributed by atoms with Crippen LogP contribution in [0.3, 0.4) is 0 Å². The fourth-order valence-corrected chi connectivity index (χ4v) is 5.08. The van der Waals surface area contributed by atoms with Gasteiger partial charge in [0.05, 0.1) is 17.4 Å². The number of benzene rings is 1. The number of nitrogens with zero attached hydrogens (tertiary/aromatic N) is 3. The number of hydrogen-bond donors (Lipinski definition) is 1. The molecule has 0 spiro atoms. The molecule has 3 aliphatic heterocycles. The summed E-state index contributed by atoms with van der Waals surface area (Å²) in [6.45, 7) is 4.63. The molecule has 4 rings (SSSR count). The number of rotatable bonds is 2. The lowest BCUT2D eigenvalue weighted by Gasteiger charge is -2.35. The Balaban J connectivity index is 1.43. The third-order valence-corrected chi connectivity index (χ3v) is 7.02. The van der Waals surface area contributed by atoms with Gasteiger partial charge < -0.3 is 20.0 Å². The summed E-state index contributed by atoms with van der Waals surface area (Å²) in [5.74, 6) is 0.364. The minimum atomic E-state index is -0.121. The molecular weight excluding hydrogens is 388 g/mol. The van der Waals surface area contributed by atoms with E-state index in [-0.39, 0.29) is 23.6 Å². The van der Waals surface area contributed by atoms with Crippen LogP contribution >= 0.6 is 11.8 Å². The quantitative estimate of drug-likeness (QED) is 0.795. The molecule has 0 bridgehead atoms. The molecule has 2 saturated heterocycles. The molecule has 1 N–H and O–H groups in total. The molecule has 1 aromatic carbocycles. The second kappa shape index (κ2) is 8.75. The van der Waals surface area contributed by atoms with Gasteiger partial charge in [0, 0.05) is 43.2 Å². The Morgan fingerprint density at radius 2 is 1.90 bits per heavy atom. The van der Waals surface area contributed by atoms with Crippen molar-refractivity contribution in [2.75, 3.05) is 57.4 Å². The average Bonchev–Trinajstić information content (AvgIpc) is 2.96. The summed E-state index contributed by atoms with van der Waals surface area (Å²) in [6, 6.07) is 5.48. The maximum atomic E-state index is 13.1. The van der Waals surface area contributed by atoms with Crippen LogP contribution in [0.25, 0.3) is 0 Å². The Bertz CT molecular complexity index is 815. The zero-order chi connectivity index (χ0) is 20.4. The van der Waals surface area contributed by atoms with E-state index in [0.29, 0.717) is 30.1 Å². The van der Waals surface area contributed by atoms with Gasteiger partial charge in [-0.05, 0) is 51.1 Å². The van der Waals surface area contributed by atoms with Gasteiger partial charge in [-0.25, -0.2) is 0 Å². The highest BCUT2D eigenvalue weighted by Crippen LogP contribution is 2.32. The Kier molecular flexibility index (Phi) is 6.10. The second-order valence-corrected chi connectivity index (χ2v) is 9.14. The SMILES string of the molecule is CN1CCCN(C(=O)C2CCCN(C(=O)c3ccc4c(c3)NC(=O)CS4)C2)CC1. The maximum absolute atomic E-state index is 13.1. The van der Waals surface area contributed by atoms with Crippen molar-refractivity contribution < 1.29 is 14.4 Å². The molecule has 156 valence electrons. The minimum absolute atomic E-state index is 0.0428. The van der Waals surface area contributed by atoms with Crippen molar-refractivity contribution in [2.24, 2.45) is 5.92 Å². The van der Waals surface area contributed by atoms with Crippen LogP contribution in [-0.2, 0) is 9.59 Å². The smallest absolute Gasteiger partial charge is 0.253 e. The second-order valence-electron chi connectivity index (χ2n) is 8.12. The summed E-state index contributed by atoms with van der Waals surface area (Å²) in [7, 11) is 2.09. The van der Waals surface area contributed by atoms with Gasteiger partial charge in [-0.3, -0.25) is 14.4 Å². The van der Waals surface area contributed by atoms with Gasteiger partial charge in [-0.1, -0.05) is 0 Å². The van der Waals surface area contributed by atoms with Crippen LogP contribution in [0.1, 0.15) is 29.6 Å². The van der Waals surface area contributed by atoms with Gasteiger partial charge in [0.25, 0.3) is 5.91 Å². The summed E-state index contributed by atoms with van der Waals surface area (Å²) >= 11 is 1.48. The summed E-state index contributed by atoms with van der Waals surface area (Å²) < 4.78 is 0. The molecular formula is C21H28N4O3S. The predicted molar refractivity (Wildman–Crippen MR) is 113 cm³/mol. The molecule has 1 unspecified atom stereocenters. The highest BCUT2D eigenvalue weighted by molar-refractivity contribution is 8.00. The first-order chi connectivity index (χ1) is 14.0. The zero-order valence-electron chi connectivity index (χ0n) is 16.9. The van der Waals surface area contributed by atoms with Crippen LogP contribution in [0, 0.1) is 5.92 Å². The molecule has 2 fully saturated rings. The van der Waals surface area contributed by atoms with Crippen molar-refractivity contribution in [3.63, 3.8) is 0 Å². The van der Waals surface area contributed by atoms with E-state index in [1.807, 2.05) is 17.0 Å². The van der Waals surface area contributed by atoms with Gasteiger partial charge in [0.1, 0.15) is 0 Å². The van der Waals surface area contributed by atoms with Crippen LogP contribution in [0.15, 0.2) is 23.1 Å². The molecule has 3 aliphatic rings. The zero-order valence-corrected chi connectivity index (χ0v) is 17.7. The van der Waals surface area contributed by atoms with E-state index < -0.39 is 0 Å². The number of amides is 3. The van der Waals surface area contributed by atoms with Gasteiger partial charge in [0.15, 0.2) is 0 Å². The largest absolute Gasteiger partial charge is 0.341 e. The van der Waals surface area contributed by atoms with Crippen LogP contribution in [0.5, 0.6) is 0 Å². The first-order valence-electron chi connectivity index (χ1n) is 10.3. The van der Waals surface area contributed by atoms with Crippen LogP contribution in [-0.4, -0.2) is 84.5 Å². The first kappa shape index (κ1) is 20.2. The van der Waals surface area contributed by atoms with E-state index in [1.165, 1.54) is 11.8 Å². The maximum Gasteiger partial charge on any atom is 0.253 e. The Hall–Kier alpha value is -2.06. The molecule has 29 heavy (non-hydrogen) atoms. The summed E-state index contributed by atoms with van der Waals surface area (Å²) in [5.41, 5.74) is 1.27. The van der Waals surface area contributed by atoms with Gasteiger partial charge >= 0.3 is 0 Å². The highest BCUT2D eigenvalue weighted by Gasteiger charge is 2.32. The Labute approximate surface area is 175 Å². The predicted octanol–water partition coefficient (Wildman–Crippen LogP) is 1.75. The van der Waals surface area contributed by atoms with Crippen LogP contribution < -0.4 is 5.32 Å². The molecule has 0 aliphatic carbocycles. The molecule has 0 aromatic heterocycles. The van der Waals surface area contributed by atoms with Crippen molar-refractivity contribution in [2.45, 2.75) is 24.2 Å². The first-order valence-corrected chi connectivity index (χ1v) is 11.3. The monoisotopic (exact) mass is 416 g/mol. The fourth-order valence-electron chi connectivity index (χ4n) is 4.29. The molecule has 1 atom stereocenters.